The summed E-state index contributed by atoms with van der Waals surface area (Å²) in [7, 11) is 0. The van der Waals surface area contributed by atoms with Crippen LogP contribution < -0.4 is 0 Å². The highest BCUT2D eigenvalue weighted by atomic mass is 32.1. The summed E-state index contributed by atoms with van der Waals surface area (Å²) in [6.07, 6.45) is 0. The average Bonchev–Trinajstić information content (AvgIpc) is 3.08. The van der Waals surface area contributed by atoms with E-state index in [0.717, 1.165) is 19.6 Å². The Balaban J connectivity index is 1.63. The molecule has 0 spiro atoms. The predicted molar refractivity (Wildman–Crippen MR) is 93.3 cm³/mol. The van der Waals surface area contributed by atoms with Gasteiger partial charge in [0.1, 0.15) is 0 Å². The van der Waals surface area contributed by atoms with Crippen molar-refractivity contribution in [2.45, 2.75) is 13.5 Å². The van der Waals surface area contributed by atoms with Crippen LogP contribution in [0.5, 0.6) is 0 Å². The maximum Gasteiger partial charge on any atom is 0.273 e. The van der Waals surface area contributed by atoms with E-state index >= 15 is 0 Å². The van der Waals surface area contributed by atoms with E-state index in [4.69, 9.17) is 0 Å². The van der Waals surface area contributed by atoms with Crippen molar-refractivity contribution < 1.29 is 9.72 Å². The second kappa shape index (κ2) is 7.11. The van der Waals surface area contributed by atoms with E-state index < -0.39 is 4.92 Å². The normalized spacial score (nSPS) is 15.5. The molecule has 1 aliphatic rings. The quantitative estimate of drug-likeness (QED) is 0.631. The predicted octanol–water partition coefficient (Wildman–Crippen LogP) is 2.92. The Bertz CT molecular complexity index is 738. The van der Waals surface area contributed by atoms with Crippen LogP contribution in [0.2, 0.25) is 0 Å². The summed E-state index contributed by atoms with van der Waals surface area (Å²) in [6.45, 7) is 5.50. The average molecular weight is 345 g/mol. The maximum absolute atomic E-state index is 12.6. The summed E-state index contributed by atoms with van der Waals surface area (Å²) in [5.41, 5.74) is 2.25. The van der Waals surface area contributed by atoms with Crippen molar-refractivity contribution >= 4 is 22.9 Å². The number of amides is 1. The number of hydrogen-bond donors (Lipinski definition) is 0. The third kappa shape index (κ3) is 3.63. The Kier molecular flexibility index (Phi) is 4.92. The SMILES string of the molecule is Cc1ccc(C(=O)N2CCN(Cc3ccsc3)CC2)cc1[N+](=O)[O-]. The molecule has 0 bridgehead atoms. The monoisotopic (exact) mass is 345 g/mol. The van der Waals surface area contributed by atoms with Gasteiger partial charge in [0, 0.05) is 49.9 Å². The van der Waals surface area contributed by atoms with E-state index in [0.29, 0.717) is 24.2 Å². The van der Waals surface area contributed by atoms with E-state index in [-0.39, 0.29) is 11.6 Å². The number of nitrogens with zero attached hydrogens (tertiary/aromatic N) is 3. The standard InChI is InChI=1S/C17H19N3O3S/c1-13-2-3-15(10-16(13)20(22)23)17(21)19-7-5-18(6-8-19)11-14-4-9-24-12-14/h2-4,9-10,12H,5-8,11H2,1H3. The van der Waals surface area contributed by atoms with Crippen molar-refractivity contribution in [3.8, 4) is 0 Å². The number of rotatable bonds is 4. The van der Waals surface area contributed by atoms with E-state index in [1.165, 1.54) is 11.6 Å². The van der Waals surface area contributed by atoms with Gasteiger partial charge in [-0.25, -0.2) is 0 Å². The van der Waals surface area contributed by atoms with Crippen molar-refractivity contribution in [2.24, 2.45) is 0 Å². The molecule has 24 heavy (non-hydrogen) atoms. The van der Waals surface area contributed by atoms with Gasteiger partial charge in [0.05, 0.1) is 4.92 Å². The molecule has 1 amide bonds. The number of aryl methyl sites for hydroxylation is 1. The topological polar surface area (TPSA) is 66.7 Å². The summed E-state index contributed by atoms with van der Waals surface area (Å²) >= 11 is 1.69. The molecule has 126 valence electrons. The molecular weight excluding hydrogens is 326 g/mol. The fourth-order valence-corrected chi connectivity index (χ4v) is 3.53. The molecule has 1 fully saturated rings. The highest BCUT2D eigenvalue weighted by Crippen LogP contribution is 2.21. The zero-order chi connectivity index (χ0) is 17.1. The maximum atomic E-state index is 12.6. The number of benzene rings is 1. The molecule has 0 aliphatic carbocycles. The highest BCUT2D eigenvalue weighted by molar-refractivity contribution is 7.07. The summed E-state index contributed by atoms with van der Waals surface area (Å²) in [5.74, 6) is -0.131. The van der Waals surface area contributed by atoms with Crippen molar-refractivity contribution in [3.05, 3.63) is 61.8 Å². The van der Waals surface area contributed by atoms with Gasteiger partial charge in [-0.05, 0) is 35.4 Å². The lowest BCUT2D eigenvalue weighted by Crippen LogP contribution is -2.48. The largest absolute Gasteiger partial charge is 0.336 e. The van der Waals surface area contributed by atoms with Gasteiger partial charge in [0.25, 0.3) is 11.6 Å². The van der Waals surface area contributed by atoms with Crippen LogP contribution in [0, 0.1) is 17.0 Å². The van der Waals surface area contributed by atoms with E-state index in [1.807, 2.05) is 0 Å². The molecule has 2 heterocycles. The molecule has 0 N–H and O–H groups in total. The molecular formula is C17H19N3O3S. The van der Waals surface area contributed by atoms with E-state index in [2.05, 4.69) is 21.7 Å². The van der Waals surface area contributed by atoms with Gasteiger partial charge < -0.3 is 4.90 Å². The number of hydrogen-bond acceptors (Lipinski definition) is 5. The molecule has 6 nitrogen and oxygen atoms in total. The molecule has 3 rings (SSSR count). The van der Waals surface area contributed by atoms with Crippen molar-refractivity contribution in [1.82, 2.24) is 9.80 Å². The number of nitro benzene ring substituents is 1. The number of carbonyl (C=O) groups is 1. The Hall–Kier alpha value is -2.25. The lowest BCUT2D eigenvalue weighted by Gasteiger charge is -2.34. The molecule has 2 aromatic rings. The Morgan fingerprint density at radius 3 is 2.62 bits per heavy atom. The molecule has 1 aromatic heterocycles. The van der Waals surface area contributed by atoms with Gasteiger partial charge in [-0.1, -0.05) is 6.07 Å². The van der Waals surface area contributed by atoms with Gasteiger partial charge >= 0.3 is 0 Å². The van der Waals surface area contributed by atoms with Crippen molar-refractivity contribution in [1.29, 1.82) is 0 Å². The first-order valence-electron chi connectivity index (χ1n) is 7.82. The van der Waals surface area contributed by atoms with Crippen LogP contribution in [0.4, 0.5) is 5.69 Å². The Labute approximate surface area is 144 Å². The van der Waals surface area contributed by atoms with Crippen molar-refractivity contribution in [3.63, 3.8) is 0 Å². The van der Waals surface area contributed by atoms with Crippen LogP contribution >= 0.6 is 11.3 Å². The molecule has 0 saturated carbocycles. The highest BCUT2D eigenvalue weighted by Gasteiger charge is 2.24. The molecule has 0 unspecified atom stereocenters. The van der Waals surface area contributed by atoms with Gasteiger partial charge in [0.2, 0.25) is 0 Å². The number of thiophene rings is 1. The minimum Gasteiger partial charge on any atom is -0.336 e. The molecule has 1 aromatic carbocycles. The van der Waals surface area contributed by atoms with Gasteiger partial charge in [-0.3, -0.25) is 19.8 Å². The fourth-order valence-electron chi connectivity index (χ4n) is 2.87. The number of carbonyl (C=O) groups excluding carboxylic acids is 1. The van der Waals surface area contributed by atoms with E-state index in [9.17, 15) is 14.9 Å². The van der Waals surface area contributed by atoms with Crippen LogP contribution in [0.1, 0.15) is 21.5 Å². The number of nitro groups is 1. The molecule has 1 saturated heterocycles. The van der Waals surface area contributed by atoms with Crippen LogP contribution in [0.3, 0.4) is 0 Å². The second-order valence-electron chi connectivity index (χ2n) is 5.96. The summed E-state index contributed by atoms with van der Waals surface area (Å²) in [4.78, 5) is 27.3. The van der Waals surface area contributed by atoms with Crippen molar-refractivity contribution in [2.75, 3.05) is 26.2 Å². The zero-order valence-corrected chi connectivity index (χ0v) is 14.3. The molecule has 0 radical (unpaired) electrons. The smallest absolute Gasteiger partial charge is 0.273 e. The minimum atomic E-state index is -0.440. The Morgan fingerprint density at radius 1 is 1.25 bits per heavy atom. The van der Waals surface area contributed by atoms with Gasteiger partial charge in [0.15, 0.2) is 0 Å². The van der Waals surface area contributed by atoms with Crippen LogP contribution in [-0.2, 0) is 6.54 Å². The zero-order valence-electron chi connectivity index (χ0n) is 13.5. The molecule has 7 heteroatoms. The third-order valence-electron chi connectivity index (χ3n) is 4.30. The fraction of sp³-hybridized carbons (Fsp3) is 0.353. The van der Waals surface area contributed by atoms with E-state index in [1.54, 1.807) is 35.3 Å². The summed E-state index contributed by atoms with van der Waals surface area (Å²) in [6, 6.07) is 6.81. The lowest BCUT2D eigenvalue weighted by atomic mass is 10.1. The van der Waals surface area contributed by atoms with Gasteiger partial charge in [-0.15, -0.1) is 0 Å². The molecule has 1 aliphatic heterocycles. The first-order chi connectivity index (χ1) is 11.5. The van der Waals surface area contributed by atoms with Gasteiger partial charge in [-0.2, -0.15) is 11.3 Å². The second-order valence-corrected chi connectivity index (χ2v) is 6.74. The Morgan fingerprint density at radius 2 is 2.00 bits per heavy atom. The first kappa shape index (κ1) is 16.6. The number of piperazine rings is 1. The lowest BCUT2D eigenvalue weighted by molar-refractivity contribution is -0.385. The van der Waals surface area contributed by atoms with Crippen LogP contribution in [-0.4, -0.2) is 46.8 Å². The third-order valence-corrected chi connectivity index (χ3v) is 5.03. The minimum absolute atomic E-state index is 0.00283. The summed E-state index contributed by atoms with van der Waals surface area (Å²) in [5, 5.41) is 15.3. The molecule has 0 atom stereocenters. The van der Waals surface area contributed by atoms with Crippen LogP contribution in [0.15, 0.2) is 35.0 Å². The first-order valence-corrected chi connectivity index (χ1v) is 8.76. The van der Waals surface area contributed by atoms with Crippen LogP contribution in [0.25, 0.3) is 0 Å². The summed E-state index contributed by atoms with van der Waals surface area (Å²) < 4.78 is 0.